The van der Waals surface area contributed by atoms with Gasteiger partial charge in [0.2, 0.25) is 0 Å². The quantitative estimate of drug-likeness (QED) is 0.872. The molecule has 0 spiro atoms. The molecular formula is C17H18BrFN2. The van der Waals surface area contributed by atoms with Crippen LogP contribution in [0.1, 0.15) is 24.1 Å². The Hall–Kier alpha value is -1.39. The summed E-state index contributed by atoms with van der Waals surface area (Å²) in [5.74, 6) is -0.219. The Balaban J connectivity index is 1.96. The van der Waals surface area contributed by atoms with Crippen LogP contribution in [0.2, 0.25) is 0 Å². The average molecular weight is 349 g/mol. The third kappa shape index (κ3) is 2.97. The van der Waals surface area contributed by atoms with E-state index in [4.69, 9.17) is 0 Å². The second kappa shape index (κ2) is 6.16. The normalized spacial score (nSPS) is 16.2. The molecule has 4 heteroatoms. The zero-order valence-corrected chi connectivity index (χ0v) is 13.5. The van der Waals surface area contributed by atoms with E-state index >= 15 is 0 Å². The molecule has 0 aromatic heterocycles. The van der Waals surface area contributed by atoms with Gasteiger partial charge in [-0.15, -0.1) is 0 Å². The molecule has 2 aromatic carbocycles. The average Bonchev–Trinajstić information content (AvgIpc) is 2.71. The van der Waals surface area contributed by atoms with Crippen LogP contribution in [0.3, 0.4) is 0 Å². The van der Waals surface area contributed by atoms with Crippen molar-refractivity contribution in [2.45, 2.75) is 19.5 Å². The Morgan fingerprint density at radius 2 is 2.05 bits per heavy atom. The van der Waals surface area contributed by atoms with Crippen LogP contribution in [0.25, 0.3) is 0 Å². The van der Waals surface area contributed by atoms with Crippen molar-refractivity contribution in [2.75, 3.05) is 18.0 Å². The van der Waals surface area contributed by atoms with Gasteiger partial charge in [-0.2, -0.15) is 0 Å². The van der Waals surface area contributed by atoms with Crippen LogP contribution in [0, 0.1) is 5.82 Å². The Kier molecular flexibility index (Phi) is 4.27. The number of nitrogens with zero attached hydrogens (tertiary/aromatic N) is 1. The summed E-state index contributed by atoms with van der Waals surface area (Å²) in [6.45, 7) is 4.95. The highest BCUT2D eigenvalue weighted by molar-refractivity contribution is 9.10. The molecule has 0 saturated carbocycles. The van der Waals surface area contributed by atoms with Gasteiger partial charge in [-0.1, -0.05) is 24.3 Å². The first-order valence-electron chi connectivity index (χ1n) is 7.17. The molecule has 0 bridgehead atoms. The summed E-state index contributed by atoms with van der Waals surface area (Å²) < 4.78 is 14.0. The smallest absolute Gasteiger partial charge is 0.137 e. The summed E-state index contributed by atoms with van der Waals surface area (Å²) >= 11 is 3.28. The number of hydrogen-bond acceptors (Lipinski definition) is 2. The minimum Gasteiger partial charge on any atom is -0.363 e. The van der Waals surface area contributed by atoms with Gasteiger partial charge in [0.1, 0.15) is 5.82 Å². The molecule has 0 fully saturated rings. The molecule has 1 aliphatic rings. The number of hydrogen-bond donors (Lipinski definition) is 1. The Morgan fingerprint density at radius 3 is 2.86 bits per heavy atom. The van der Waals surface area contributed by atoms with Gasteiger partial charge in [-0.05, 0) is 52.2 Å². The fourth-order valence-corrected chi connectivity index (χ4v) is 3.23. The maximum Gasteiger partial charge on any atom is 0.137 e. The van der Waals surface area contributed by atoms with Gasteiger partial charge < -0.3 is 10.2 Å². The van der Waals surface area contributed by atoms with E-state index in [0.717, 1.165) is 25.2 Å². The standard InChI is InChI=1S/C17H18BrFN2/c1-12(13-6-7-16(19)15(18)10-13)21-9-8-20-11-14-4-2-3-5-17(14)21/h2-7,10,12,20H,8-9,11H2,1H3. The number of rotatable bonds is 2. The van der Waals surface area contributed by atoms with Crippen molar-refractivity contribution in [3.8, 4) is 0 Å². The van der Waals surface area contributed by atoms with Gasteiger partial charge in [0.15, 0.2) is 0 Å². The lowest BCUT2D eigenvalue weighted by molar-refractivity contribution is 0.613. The van der Waals surface area contributed by atoms with Gasteiger partial charge in [0, 0.05) is 25.3 Å². The molecule has 0 aliphatic carbocycles. The highest BCUT2D eigenvalue weighted by Crippen LogP contribution is 2.32. The predicted molar refractivity (Wildman–Crippen MR) is 88.0 cm³/mol. The Labute approximate surface area is 133 Å². The second-order valence-corrected chi connectivity index (χ2v) is 6.20. The highest BCUT2D eigenvalue weighted by atomic mass is 79.9. The van der Waals surface area contributed by atoms with Crippen LogP contribution in [-0.4, -0.2) is 13.1 Å². The lowest BCUT2D eigenvalue weighted by Crippen LogP contribution is -2.31. The zero-order valence-electron chi connectivity index (χ0n) is 11.9. The fraction of sp³-hybridized carbons (Fsp3) is 0.294. The molecule has 1 unspecified atom stereocenters. The molecule has 3 rings (SSSR count). The van der Waals surface area contributed by atoms with Crippen molar-refractivity contribution in [3.63, 3.8) is 0 Å². The van der Waals surface area contributed by atoms with E-state index in [1.165, 1.54) is 17.3 Å². The molecule has 2 aromatic rings. The SMILES string of the molecule is CC(c1ccc(F)c(Br)c1)N1CCNCc2ccccc21. The molecule has 1 atom stereocenters. The van der Waals surface area contributed by atoms with E-state index in [1.54, 1.807) is 0 Å². The van der Waals surface area contributed by atoms with E-state index in [-0.39, 0.29) is 11.9 Å². The van der Waals surface area contributed by atoms with Gasteiger partial charge in [-0.3, -0.25) is 0 Å². The van der Waals surface area contributed by atoms with E-state index in [1.807, 2.05) is 12.1 Å². The second-order valence-electron chi connectivity index (χ2n) is 5.35. The molecule has 1 heterocycles. The van der Waals surface area contributed by atoms with E-state index in [9.17, 15) is 4.39 Å². The van der Waals surface area contributed by atoms with Gasteiger partial charge in [0.25, 0.3) is 0 Å². The summed E-state index contributed by atoms with van der Waals surface area (Å²) in [6.07, 6.45) is 0. The third-order valence-electron chi connectivity index (χ3n) is 4.04. The minimum atomic E-state index is -0.219. The molecule has 1 aliphatic heterocycles. The monoisotopic (exact) mass is 348 g/mol. The zero-order chi connectivity index (χ0) is 14.8. The van der Waals surface area contributed by atoms with Crippen LogP contribution < -0.4 is 10.2 Å². The fourth-order valence-electron chi connectivity index (χ4n) is 2.84. The maximum absolute atomic E-state index is 13.4. The number of fused-ring (bicyclic) bond motifs is 1. The number of anilines is 1. The molecule has 0 amide bonds. The van der Waals surface area contributed by atoms with Crippen molar-refractivity contribution >= 4 is 21.6 Å². The number of para-hydroxylation sites is 1. The van der Waals surface area contributed by atoms with Gasteiger partial charge in [0.05, 0.1) is 10.5 Å². The van der Waals surface area contributed by atoms with E-state index in [0.29, 0.717) is 4.47 Å². The van der Waals surface area contributed by atoms with Gasteiger partial charge in [-0.25, -0.2) is 4.39 Å². The van der Waals surface area contributed by atoms with Crippen LogP contribution in [0.5, 0.6) is 0 Å². The first-order valence-corrected chi connectivity index (χ1v) is 7.96. The molecule has 0 radical (unpaired) electrons. The van der Waals surface area contributed by atoms with E-state index < -0.39 is 0 Å². The third-order valence-corrected chi connectivity index (χ3v) is 4.65. The van der Waals surface area contributed by atoms with Crippen LogP contribution in [-0.2, 0) is 6.54 Å². The number of halogens is 2. The molecule has 21 heavy (non-hydrogen) atoms. The largest absolute Gasteiger partial charge is 0.363 e. The molecule has 2 nitrogen and oxygen atoms in total. The topological polar surface area (TPSA) is 15.3 Å². The maximum atomic E-state index is 13.4. The predicted octanol–water partition coefficient (Wildman–Crippen LogP) is 4.26. The van der Waals surface area contributed by atoms with Gasteiger partial charge >= 0.3 is 0 Å². The molecule has 0 saturated heterocycles. The van der Waals surface area contributed by atoms with Crippen molar-refractivity contribution in [1.82, 2.24) is 5.32 Å². The van der Waals surface area contributed by atoms with Crippen molar-refractivity contribution in [3.05, 3.63) is 63.9 Å². The summed E-state index contributed by atoms with van der Waals surface area (Å²) in [6, 6.07) is 13.9. The molecule has 1 N–H and O–H groups in total. The lowest BCUT2D eigenvalue weighted by Gasteiger charge is -2.31. The van der Waals surface area contributed by atoms with Crippen LogP contribution in [0.4, 0.5) is 10.1 Å². The Bertz CT molecular complexity index is 644. The van der Waals surface area contributed by atoms with Crippen molar-refractivity contribution in [2.24, 2.45) is 0 Å². The Morgan fingerprint density at radius 1 is 1.24 bits per heavy atom. The highest BCUT2D eigenvalue weighted by Gasteiger charge is 2.21. The van der Waals surface area contributed by atoms with Crippen molar-refractivity contribution < 1.29 is 4.39 Å². The van der Waals surface area contributed by atoms with E-state index in [2.05, 4.69) is 57.3 Å². The van der Waals surface area contributed by atoms with Crippen LogP contribution >= 0.6 is 15.9 Å². The molecule has 110 valence electrons. The molecular weight excluding hydrogens is 331 g/mol. The first kappa shape index (κ1) is 14.5. The minimum absolute atomic E-state index is 0.197. The number of nitrogens with one attached hydrogen (secondary N) is 1. The summed E-state index contributed by atoms with van der Waals surface area (Å²) in [5.41, 5.74) is 3.68. The summed E-state index contributed by atoms with van der Waals surface area (Å²) in [7, 11) is 0. The lowest BCUT2D eigenvalue weighted by atomic mass is 10.0. The number of benzene rings is 2. The summed E-state index contributed by atoms with van der Waals surface area (Å²) in [4.78, 5) is 2.38. The first-order chi connectivity index (χ1) is 10.2. The van der Waals surface area contributed by atoms with Crippen LogP contribution in [0.15, 0.2) is 46.9 Å². The summed E-state index contributed by atoms with van der Waals surface area (Å²) in [5, 5.41) is 3.45. The van der Waals surface area contributed by atoms with Crippen molar-refractivity contribution in [1.29, 1.82) is 0 Å².